The van der Waals surface area contributed by atoms with E-state index in [0.29, 0.717) is 0 Å². The van der Waals surface area contributed by atoms with Gasteiger partial charge >= 0.3 is 0 Å². The number of unbranched alkanes of at least 4 members (excludes halogenated alkanes) is 11. The maximum absolute atomic E-state index is 12.0. The molecular formula is C22H34O3. The molecule has 0 fully saturated rings. The van der Waals surface area contributed by atoms with Crippen LogP contribution in [0.4, 0.5) is 0 Å². The van der Waals surface area contributed by atoms with Crippen LogP contribution in [0.15, 0.2) is 30.4 Å². The highest BCUT2D eigenvalue weighted by atomic mass is 16.3. The van der Waals surface area contributed by atoms with Gasteiger partial charge in [-0.05, 0) is 31.1 Å². The third-order valence-corrected chi connectivity index (χ3v) is 4.51. The molecule has 1 rings (SSSR count). The zero-order valence-corrected chi connectivity index (χ0v) is 15.7. The summed E-state index contributed by atoms with van der Waals surface area (Å²) < 4.78 is 0. The molecule has 1 aromatic rings. The quantitative estimate of drug-likeness (QED) is 0.228. The van der Waals surface area contributed by atoms with Crippen molar-refractivity contribution in [2.45, 2.75) is 84.0 Å². The van der Waals surface area contributed by atoms with Crippen LogP contribution in [0.2, 0.25) is 0 Å². The Morgan fingerprint density at radius 3 is 1.84 bits per heavy atom. The fourth-order valence-corrected chi connectivity index (χ4v) is 2.98. The first-order valence-corrected chi connectivity index (χ1v) is 9.88. The first-order valence-electron chi connectivity index (χ1n) is 9.88. The van der Waals surface area contributed by atoms with E-state index in [2.05, 4.69) is 6.92 Å². The summed E-state index contributed by atoms with van der Waals surface area (Å²) in [6.45, 7) is 2.25. The number of benzene rings is 1. The lowest BCUT2D eigenvalue weighted by atomic mass is 10.0. The largest absolute Gasteiger partial charge is 0.507 e. The first kappa shape index (κ1) is 21.3. The lowest BCUT2D eigenvalue weighted by Crippen LogP contribution is -1.95. The number of rotatable bonds is 14. The van der Waals surface area contributed by atoms with Crippen molar-refractivity contribution in [1.82, 2.24) is 0 Å². The summed E-state index contributed by atoms with van der Waals surface area (Å²) in [6, 6.07) is 4.32. The third kappa shape index (κ3) is 9.33. The van der Waals surface area contributed by atoms with Crippen LogP contribution >= 0.6 is 0 Å². The van der Waals surface area contributed by atoms with Crippen LogP contribution in [0, 0.1) is 0 Å². The van der Waals surface area contributed by atoms with Crippen molar-refractivity contribution < 1.29 is 15.0 Å². The van der Waals surface area contributed by atoms with E-state index in [0.717, 1.165) is 12.8 Å². The second-order valence-corrected chi connectivity index (χ2v) is 6.76. The number of allylic oxidation sites excluding steroid dienone is 2. The fourth-order valence-electron chi connectivity index (χ4n) is 2.98. The third-order valence-electron chi connectivity index (χ3n) is 4.51. The number of phenolic OH excluding ortho intramolecular Hbond substituents is 2. The second-order valence-electron chi connectivity index (χ2n) is 6.76. The molecule has 0 atom stereocenters. The van der Waals surface area contributed by atoms with Gasteiger partial charge in [-0.2, -0.15) is 0 Å². The minimum absolute atomic E-state index is 0.0160. The summed E-state index contributed by atoms with van der Waals surface area (Å²) >= 11 is 0. The number of ketones is 1. The average Bonchev–Trinajstić information content (AvgIpc) is 2.59. The van der Waals surface area contributed by atoms with Crippen LogP contribution < -0.4 is 0 Å². The van der Waals surface area contributed by atoms with E-state index in [-0.39, 0.29) is 22.8 Å². The number of phenols is 2. The molecule has 3 heteroatoms. The van der Waals surface area contributed by atoms with Gasteiger partial charge < -0.3 is 10.2 Å². The first-order chi connectivity index (χ1) is 12.2. The molecule has 0 aliphatic carbocycles. The van der Waals surface area contributed by atoms with Gasteiger partial charge in [-0.3, -0.25) is 4.79 Å². The van der Waals surface area contributed by atoms with E-state index in [1.54, 1.807) is 0 Å². The molecule has 0 bridgehead atoms. The van der Waals surface area contributed by atoms with Gasteiger partial charge in [0, 0.05) is 0 Å². The van der Waals surface area contributed by atoms with Crippen molar-refractivity contribution in [3.63, 3.8) is 0 Å². The molecule has 0 radical (unpaired) electrons. The topological polar surface area (TPSA) is 57.5 Å². The van der Waals surface area contributed by atoms with Gasteiger partial charge in [0.05, 0.1) is 0 Å². The molecule has 0 heterocycles. The Balaban J connectivity index is 2.04. The number of hydrogen-bond donors (Lipinski definition) is 2. The van der Waals surface area contributed by atoms with Crippen LogP contribution in [0.1, 0.15) is 94.3 Å². The molecular weight excluding hydrogens is 312 g/mol. The Hall–Kier alpha value is -1.77. The molecule has 0 aliphatic rings. The maximum Gasteiger partial charge on any atom is 0.192 e. The molecule has 0 spiro atoms. The molecule has 25 heavy (non-hydrogen) atoms. The van der Waals surface area contributed by atoms with Gasteiger partial charge in [0.1, 0.15) is 17.1 Å². The van der Waals surface area contributed by atoms with Gasteiger partial charge in [0.15, 0.2) is 5.78 Å². The molecule has 0 aliphatic heterocycles. The van der Waals surface area contributed by atoms with E-state index < -0.39 is 0 Å². The average molecular weight is 347 g/mol. The SMILES string of the molecule is CCCCCCCCCCCCCC=CC(=O)c1c(O)cccc1O. The Morgan fingerprint density at radius 2 is 1.32 bits per heavy atom. The second kappa shape index (κ2) is 13.5. The van der Waals surface area contributed by atoms with Gasteiger partial charge in [-0.25, -0.2) is 0 Å². The maximum atomic E-state index is 12.0. The van der Waals surface area contributed by atoms with Crippen molar-refractivity contribution in [3.8, 4) is 11.5 Å². The van der Waals surface area contributed by atoms with Crippen LogP contribution in [0.25, 0.3) is 0 Å². The zero-order valence-electron chi connectivity index (χ0n) is 15.7. The van der Waals surface area contributed by atoms with Crippen molar-refractivity contribution in [2.75, 3.05) is 0 Å². The van der Waals surface area contributed by atoms with E-state index in [9.17, 15) is 15.0 Å². The molecule has 1 aromatic carbocycles. The van der Waals surface area contributed by atoms with Gasteiger partial charge in [-0.15, -0.1) is 0 Å². The predicted molar refractivity (Wildman–Crippen MR) is 104 cm³/mol. The lowest BCUT2D eigenvalue weighted by molar-refractivity contribution is 0.104. The van der Waals surface area contributed by atoms with Crippen molar-refractivity contribution in [2.24, 2.45) is 0 Å². The molecule has 140 valence electrons. The summed E-state index contributed by atoms with van der Waals surface area (Å²) in [5.74, 6) is -0.702. The van der Waals surface area contributed by atoms with Crippen molar-refractivity contribution >= 4 is 5.78 Å². The summed E-state index contributed by atoms with van der Waals surface area (Å²) in [6.07, 6.45) is 18.5. The predicted octanol–water partition coefficient (Wildman–Crippen LogP) is 6.54. The van der Waals surface area contributed by atoms with Crippen LogP contribution in [-0.2, 0) is 0 Å². The van der Waals surface area contributed by atoms with Gasteiger partial charge in [-0.1, -0.05) is 83.3 Å². The highest BCUT2D eigenvalue weighted by Crippen LogP contribution is 2.26. The minimum Gasteiger partial charge on any atom is -0.507 e. The number of hydrogen-bond acceptors (Lipinski definition) is 3. The Labute approximate surface area is 152 Å². The number of carbonyl (C=O) groups excluding carboxylic acids is 1. The minimum atomic E-state index is -0.348. The van der Waals surface area contributed by atoms with Crippen molar-refractivity contribution in [3.05, 3.63) is 35.9 Å². The molecule has 0 aromatic heterocycles. The van der Waals surface area contributed by atoms with Gasteiger partial charge in [0.2, 0.25) is 0 Å². The highest BCUT2D eigenvalue weighted by Gasteiger charge is 2.12. The van der Waals surface area contributed by atoms with E-state index >= 15 is 0 Å². The Morgan fingerprint density at radius 1 is 0.840 bits per heavy atom. The summed E-state index contributed by atoms with van der Waals surface area (Å²) in [5, 5.41) is 19.3. The normalized spacial score (nSPS) is 11.2. The summed E-state index contributed by atoms with van der Waals surface area (Å²) in [4.78, 5) is 12.0. The van der Waals surface area contributed by atoms with Crippen LogP contribution in [0.5, 0.6) is 11.5 Å². The molecule has 0 saturated heterocycles. The molecule has 2 N–H and O–H groups in total. The molecule has 0 unspecified atom stereocenters. The molecule has 0 amide bonds. The molecule has 0 saturated carbocycles. The number of aromatic hydroxyl groups is 2. The fraction of sp³-hybridized carbons (Fsp3) is 0.591. The monoisotopic (exact) mass is 346 g/mol. The smallest absolute Gasteiger partial charge is 0.192 e. The van der Waals surface area contributed by atoms with E-state index in [4.69, 9.17) is 0 Å². The van der Waals surface area contributed by atoms with Crippen LogP contribution in [-0.4, -0.2) is 16.0 Å². The Bertz CT molecular complexity index is 500. The highest BCUT2D eigenvalue weighted by molar-refractivity contribution is 6.08. The van der Waals surface area contributed by atoms with E-state index in [1.807, 2.05) is 6.08 Å². The van der Waals surface area contributed by atoms with E-state index in [1.165, 1.54) is 88.5 Å². The Kier molecular flexibility index (Phi) is 11.5. The summed E-state index contributed by atoms with van der Waals surface area (Å²) in [7, 11) is 0. The lowest BCUT2D eigenvalue weighted by Gasteiger charge is -2.03. The zero-order chi connectivity index (χ0) is 18.3. The van der Waals surface area contributed by atoms with Crippen molar-refractivity contribution in [1.29, 1.82) is 0 Å². The summed E-state index contributed by atoms with van der Waals surface area (Å²) in [5.41, 5.74) is -0.0160. The molecule has 3 nitrogen and oxygen atoms in total. The van der Waals surface area contributed by atoms with Crippen LogP contribution in [0.3, 0.4) is 0 Å². The number of carbonyl (C=O) groups is 1. The van der Waals surface area contributed by atoms with Gasteiger partial charge in [0.25, 0.3) is 0 Å². The standard InChI is InChI=1S/C22H34O3/c1-2-3-4-5-6-7-8-9-10-11-12-13-14-16-19(23)22-20(24)17-15-18-21(22)25/h14-18,24-25H,2-13H2,1H3.